The zero-order valence-corrected chi connectivity index (χ0v) is 27.8. The number of aryl methyl sites for hydroxylation is 4. The van der Waals surface area contributed by atoms with Gasteiger partial charge < -0.3 is 8.39 Å². The molecule has 0 atom stereocenters. The molecule has 0 bridgehead atoms. The largest absolute Gasteiger partial charge is 0.416 e. The summed E-state index contributed by atoms with van der Waals surface area (Å²) in [7, 11) is -1.71. The summed E-state index contributed by atoms with van der Waals surface area (Å²) in [4.78, 5) is 0. The first-order valence-electron chi connectivity index (χ1n) is 17.2. The zero-order valence-electron chi connectivity index (χ0n) is 26.9. The molecule has 256 valence electrons. The van der Waals surface area contributed by atoms with E-state index in [2.05, 4.69) is 16.8 Å². The van der Waals surface area contributed by atoms with Gasteiger partial charge >= 0.3 is 20.5 Å². The molecule has 10 heteroatoms. The molecule has 2 heterocycles. The van der Waals surface area contributed by atoms with Crippen LogP contribution in [-0.2, 0) is 38.0 Å². The van der Waals surface area contributed by atoms with Crippen LogP contribution in [0, 0.1) is 0 Å². The fourth-order valence-corrected chi connectivity index (χ4v) is 9.49. The van der Waals surface area contributed by atoms with E-state index in [-0.39, 0.29) is 0 Å². The molecule has 0 spiro atoms. The van der Waals surface area contributed by atoms with E-state index in [1.54, 1.807) is 0 Å². The van der Waals surface area contributed by atoms with Crippen molar-refractivity contribution in [1.82, 2.24) is 0 Å². The van der Waals surface area contributed by atoms with Crippen LogP contribution in [0.3, 0.4) is 0 Å². The Morgan fingerprint density at radius 2 is 0.918 bits per heavy atom. The van der Waals surface area contributed by atoms with E-state index in [1.165, 1.54) is 35.4 Å². The fourth-order valence-electron chi connectivity index (χ4n) is 7.93. The molecule has 0 N–H and O–H groups in total. The van der Waals surface area contributed by atoms with E-state index in [9.17, 15) is 26.3 Å². The highest BCUT2D eigenvalue weighted by Crippen LogP contribution is 2.49. The number of fused-ring (bicyclic) bond motifs is 7. The van der Waals surface area contributed by atoms with Crippen LogP contribution in [0.2, 0.25) is 0 Å². The molecule has 0 radical (unpaired) electrons. The summed E-state index contributed by atoms with van der Waals surface area (Å²) < 4.78 is 98.1. The van der Waals surface area contributed by atoms with Crippen molar-refractivity contribution in [1.29, 1.82) is 0 Å². The first kappa shape index (κ1) is 32.5. The molecule has 8 rings (SSSR count). The Bertz CT molecular complexity index is 1940. The molecule has 1 aromatic heterocycles. The van der Waals surface area contributed by atoms with Gasteiger partial charge in [-0.25, -0.2) is 4.67 Å². The maximum atomic E-state index is 13.6. The number of hydrogen-bond acceptors (Lipinski definition) is 3. The van der Waals surface area contributed by atoms with E-state index < -0.39 is 31.6 Å². The highest BCUT2D eigenvalue weighted by Gasteiger charge is 2.32. The molecule has 4 aromatic carbocycles. The van der Waals surface area contributed by atoms with Crippen molar-refractivity contribution in [3.05, 3.63) is 94.0 Å². The van der Waals surface area contributed by atoms with Crippen LogP contribution in [0.15, 0.2) is 69.1 Å². The molecule has 0 saturated carbocycles. The number of piperidine rings is 1. The lowest BCUT2D eigenvalue weighted by Gasteiger charge is -2.23. The van der Waals surface area contributed by atoms with Gasteiger partial charge in [0, 0.05) is 35.0 Å². The normalized spacial score (nSPS) is 17.3. The molecule has 1 saturated heterocycles. The van der Waals surface area contributed by atoms with Crippen LogP contribution in [-0.4, -0.2) is 13.1 Å². The van der Waals surface area contributed by atoms with Crippen LogP contribution in [0.4, 0.5) is 26.3 Å². The zero-order chi connectivity index (χ0) is 33.9. The molecule has 3 aliphatic rings. The van der Waals surface area contributed by atoms with Gasteiger partial charge in [-0.3, -0.25) is 0 Å². The number of hydrogen-bond donors (Lipinski definition) is 0. The van der Waals surface area contributed by atoms with Crippen molar-refractivity contribution >= 4 is 30.1 Å². The van der Waals surface area contributed by atoms with Crippen molar-refractivity contribution in [2.24, 2.45) is 0 Å². The molecule has 0 amide bonds. The highest BCUT2D eigenvalue weighted by molar-refractivity contribution is 7.39. The number of rotatable bonds is 3. The summed E-state index contributed by atoms with van der Waals surface area (Å²) in [5.41, 5.74) is 7.28. The SMILES string of the molecule is FC(F)(F)c1ccc(-c2cc3c(c4c2op(N2CCCCC2)oc2c(-c5ccc(C(F)(F)F)cc5)cc5c(c24)CCCC5)CCCC3)cc1. The molecule has 1 aliphatic heterocycles. The molecule has 3 nitrogen and oxygen atoms in total. The molecule has 0 unspecified atom stereocenters. The van der Waals surface area contributed by atoms with Crippen molar-refractivity contribution < 1.29 is 34.7 Å². The number of nitrogens with zero attached hydrogens (tertiary/aromatic N) is 1. The minimum absolute atomic E-state index is 0.633. The summed E-state index contributed by atoms with van der Waals surface area (Å²) >= 11 is 0. The van der Waals surface area contributed by atoms with Crippen LogP contribution in [0.25, 0.3) is 44.2 Å². The Kier molecular flexibility index (Phi) is 8.35. The van der Waals surface area contributed by atoms with E-state index in [1.807, 2.05) is 0 Å². The number of alkyl halides is 6. The Hall–Kier alpha value is -3.68. The van der Waals surface area contributed by atoms with Gasteiger partial charge in [0.25, 0.3) is 0 Å². The predicted octanol–water partition coefficient (Wildman–Crippen LogP) is 12.5. The molecular weight excluding hydrogens is 659 g/mol. The lowest BCUT2D eigenvalue weighted by Crippen LogP contribution is -2.26. The number of benzene rings is 4. The first-order chi connectivity index (χ1) is 23.6. The molecule has 5 aromatic rings. The third-order valence-corrected chi connectivity index (χ3v) is 11.9. The van der Waals surface area contributed by atoms with Gasteiger partial charge in [-0.1, -0.05) is 30.7 Å². The van der Waals surface area contributed by atoms with Gasteiger partial charge in [-0.05, 0) is 134 Å². The third-order valence-electron chi connectivity index (χ3n) is 10.4. The summed E-state index contributed by atoms with van der Waals surface area (Å²) in [6, 6.07) is 14.8. The van der Waals surface area contributed by atoms with Gasteiger partial charge in [0.15, 0.2) is 11.2 Å². The van der Waals surface area contributed by atoms with E-state index in [0.29, 0.717) is 22.3 Å². The lowest BCUT2D eigenvalue weighted by molar-refractivity contribution is -0.138. The third kappa shape index (κ3) is 6.07. The second kappa shape index (κ2) is 12.6. The minimum Gasteiger partial charge on any atom is -0.407 e. The molecule has 49 heavy (non-hydrogen) atoms. The average molecular weight is 696 g/mol. The van der Waals surface area contributed by atoms with Crippen molar-refractivity contribution in [2.75, 3.05) is 17.8 Å². The Labute approximate surface area is 281 Å². The Balaban J connectivity index is 1.52. The van der Waals surface area contributed by atoms with Gasteiger partial charge in [0.1, 0.15) is 0 Å². The smallest absolute Gasteiger partial charge is 0.407 e. The second-order valence-electron chi connectivity index (χ2n) is 13.5. The Morgan fingerprint density at radius 3 is 1.33 bits per heavy atom. The summed E-state index contributed by atoms with van der Waals surface area (Å²) in [5.74, 6) is 0. The monoisotopic (exact) mass is 695 g/mol. The summed E-state index contributed by atoms with van der Waals surface area (Å²) in [5, 5.41) is 1.88. The van der Waals surface area contributed by atoms with E-state index in [4.69, 9.17) is 8.39 Å². The van der Waals surface area contributed by atoms with Gasteiger partial charge in [-0.2, -0.15) is 26.3 Å². The van der Waals surface area contributed by atoms with Gasteiger partial charge in [-0.15, -0.1) is 0 Å². The maximum absolute atomic E-state index is 13.6. The quantitative estimate of drug-likeness (QED) is 0.176. The van der Waals surface area contributed by atoms with E-state index in [0.717, 1.165) is 141 Å². The van der Waals surface area contributed by atoms with E-state index >= 15 is 0 Å². The summed E-state index contributed by atoms with van der Waals surface area (Å²) in [6.45, 7) is 1.55. The van der Waals surface area contributed by atoms with Crippen molar-refractivity contribution in [3.63, 3.8) is 0 Å². The van der Waals surface area contributed by atoms with Crippen LogP contribution < -0.4 is 4.67 Å². The molecule has 2 aliphatic carbocycles. The second-order valence-corrected chi connectivity index (χ2v) is 14.9. The van der Waals surface area contributed by atoms with Gasteiger partial charge in [0.05, 0.1) is 11.1 Å². The van der Waals surface area contributed by atoms with Crippen LogP contribution in [0.5, 0.6) is 0 Å². The fraction of sp³-hybridized carbons (Fsp3) is 0.385. The number of halogens is 6. The lowest BCUT2D eigenvalue weighted by atomic mass is 9.81. The average Bonchev–Trinajstić information content (AvgIpc) is 3.29. The predicted molar refractivity (Wildman–Crippen MR) is 182 cm³/mol. The highest BCUT2D eigenvalue weighted by atomic mass is 31.1. The van der Waals surface area contributed by atoms with Crippen molar-refractivity contribution in [2.45, 2.75) is 83.0 Å². The first-order valence-corrected chi connectivity index (χ1v) is 18.3. The molecule has 1 fully saturated rings. The standard InChI is InChI=1S/C39H36F6NO2P/c40-38(41,42)28-16-12-24(13-17-28)32-22-26-8-2-4-10-30(26)34-35-31-11-5-3-9-27(31)23-33(25-14-18-29(19-15-25)39(43,44)45)37(35)48-49(47-36(32)34)46-20-6-1-7-21-46/h12-19,22-23H,1-11,20-21H2. The topological polar surface area (TPSA) is 29.5 Å². The van der Waals surface area contributed by atoms with Crippen molar-refractivity contribution in [3.8, 4) is 22.3 Å². The van der Waals surface area contributed by atoms with Crippen LogP contribution >= 0.6 is 8.16 Å². The Morgan fingerprint density at radius 1 is 0.510 bits per heavy atom. The van der Waals surface area contributed by atoms with Crippen LogP contribution in [0.1, 0.15) is 78.3 Å². The molecular formula is C39H36F6NO2P. The minimum atomic E-state index is -4.45. The maximum Gasteiger partial charge on any atom is 0.416 e. The van der Waals surface area contributed by atoms with Gasteiger partial charge in [0.2, 0.25) is 0 Å². The summed E-state index contributed by atoms with van der Waals surface area (Å²) in [6.07, 6.45) is 1.50.